The third-order valence-electron chi connectivity index (χ3n) is 4.79. The van der Waals surface area contributed by atoms with Crippen LogP contribution in [-0.4, -0.2) is 37.0 Å². The highest BCUT2D eigenvalue weighted by molar-refractivity contribution is 5.88. The number of nitrogens with zero attached hydrogens (tertiary/aromatic N) is 5. The van der Waals surface area contributed by atoms with E-state index >= 15 is 0 Å². The van der Waals surface area contributed by atoms with E-state index in [0.717, 1.165) is 48.0 Å². The van der Waals surface area contributed by atoms with Crippen molar-refractivity contribution in [1.29, 1.82) is 0 Å². The van der Waals surface area contributed by atoms with Gasteiger partial charge in [-0.3, -0.25) is 14.2 Å². The number of carbonyl (C=O) groups is 1. The Balaban J connectivity index is 1.81. The van der Waals surface area contributed by atoms with Crippen molar-refractivity contribution >= 4 is 17.5 Å². The van der Waals surface area contributed by atoms with Crippen molar-refractivity contribution < 1.29 is 4.79 Å². The molecule has 3 aromatic heterocycles. The summed E-state index contributed by atoms with van der Waals surface area (Å²) in [5.41, 5.74) is 5.22. The minimum Gasteiger partial charge on any atom is -0.370 e. The Labute approximate surface area is 164 Å². The van der Waals surface area contributed by atoms with Gasteiger partial charge in [0.1, 0.15) is 5.82 Å². The lowest BCUT2D eigenvalue weighted by Gasteiger charge is -2.18. The van der Waals surface area contributed by atoms with Gasteiger partial charge in [-0.15, -0.1) is 0 Å². The second-order valence-corrected chi connectivity index (χ2v) is 7.25. The molecule has 1 amide bonds. The van der Waals surface area contributed by atoms with Gasteiger partial charge in [-0.2, -0.15) is 10.2 Å². The fourth-order valence-electron chi connectivity index (χ4n) is 3.64. The first-order valence-electron chi connectivity index (χ1n) is 9.65. The number of aryl methyl sites for hydroxylation is 1. The summed E-state index contributed by atoms with van der Waals surface area (Å²) in [6, 6.07) is 6.17. The fourth-order valence-corrected chi connectivity index (χ4v) is 3.64. The predicted octanol–water partition coefficient (Wildman–Crippen LogP) is 3.34. The van der Waals surface area contributed by atoms with E-state index in [9.17, 15) is 4.79 Å². The van der Waals surface area contributed by atoms with Gasteiger partial charge in [-0.05, 0) is 39.3 Å². The third-order valence-corrected chi connectivity index (χ3v) is 4.79. The molecule has 0 bridgehead atoms. The van der Waals surface area contributed by atoms with Crippen LogP contribution in [0.25, 0.3) is 22.6 Å². The number of fused-ring (bicyclic) bond motifs is 3. The van der Waals surface area contributed by atoms with Crippen molar-refractivity contribution in [3.05, 3.63) is 30.0 Å². The first kappa shape index (κ1) is 18.2. The number of amides is 1. The van der Waals surface area contributed by atoms with E-state index in [2.05, 4.69) is 47.6 Å². The maximum Gasteiger partial charge on any atom is 0.222 e. The third kappa shape index (κ3) is 3.15. The van der Waals surface area contributed by atoms with E-state index in [4.69, 9.17) is 5.10 Å². The standard InChI is InChI=1S/C20H25N7O/c1-5-21-17-7-6-14(11-22-17)19-15-8-9-26-16(10-18(24-26)23-13(4)28)20(15)27(25-19)12(2)3/h6-7,10-12H,5,8-9H2,1-4H3,(H,21,22)(H,23,24,28). The van der Waals surface area contributed by atoms with Gasteiger partial charge in [-0.25, -0.2) is 4.98 Å². The molecule has 0 aliphatic carbocycles. The van der Waals surface area contributed by atoms with E-state index in [1.54, 1.807) is 0 Å². The Bertz CT molecular complexity index is 1010. The van der Waals surface area contributed by atoms with E-state index in [-0.39, 0.29) is 11.9 Å². The van der Waals surface area contributed by atoms with Gasteiger partial charge in [0.25, 0.3) is 0 Å². The quantitative estimate of drug-likeness (QED) is 0.710. The van der Waals surface area contributed by atoms with Crippen molar-refractivity contribution in [2.24, 2.45) is 0 Å². The summed E-state index contributed by atoms with van der Waals surface area (Å²) in [5, 5.41) is 15.5. The molecule has 0 spiro atoms. The lowest BCUT2D eigenvalue weighted by Crippen LogP contribution is -2.15. The topological polar surface area (TPSA) is 89.7 Å². The second-order valence-electron chi connectivity index (χ2n) is 7.25. The maximum atomic E-state index is 11.4. The number of aromatic nitrogens is 5. The molecular weight excluding hydrogens is 354 g/mol. The van der Waals surface area contributed by atoms with Crippen LogP contribution in [0.15, 0.2) is 24.4 Å². The second kappa shape index (κ2) is 7.10. The van der Waals surface area contributed by atoms with Crippen LogP contribution in [0.5, 0.6) is 0 Å². The van der Waals surface area contributed by atoms with Crippen molar-refractivity contribution in [2.75, 3.05) is 17.2 Å². The monoisotopic (exact) mass is 379 g/mol. The molecular formula is C20H25N7O. The van der Waals surface area contributed by atoms with Crippen molar-refractivity contribution in [3.63, 3.8) is 0 Å². The lowest BCUT2D eigenvalue weighted by molar-refractivity contribution is -0.114. The number of hydrogen-bond donors (Lipinski definition) is 2. The van der Waals surface area contributed by atoms with Gasteiger partial charge in [0.15, 0.2) is 5.82 Å². The van der Waals surface area contributed by atoms with Crippen molar-refractivity contribution in [3.8, 4) is 22.6 Å². The molecule has 1 aliphatic heterocycles. The summed E-state index contributed by atoms with van der Waals surface area (Å²) < 4.78 is 4.00. The van der Waals surface area contributed by atoms with Crippen LogP contribution >= 0.6 is 0 Å². The molecule has 0 atom stereocenters. The van der Waals surface area contributed by atoms with Crippen molar-refractivity contribution in [2.45, 2.75) is 46.7 Å². The van der Waals surface area contributed by atoms with Gasteiger partial charge in [0, 0.05) is 49.4 Å². The predicted molar refractivity (Wildman–Crippen MR) is 109 cm³/mol. The van der Waals surface area contributed by atoms with E-state index < -0.39 is 0 Å². The van der Waals surface area contributed by atoms with Gasteiger partial charge >= 0.3 is 0 Å². The zero-order valence-electron chi connectivity index (χ0n) is 16.7. The Morgan fingerprint density at radius 2 is 2.07 bits per heavy atom. The molecule has 0 unspecified atom stereocenters. The molecule has 0 fully saturated rings. The molecule has 3 aromatic rings. The number of anilines is 2. The zero-order valence-corrected chi connectivity index (χ0v) is 16.7. The smallest absolute Gasteiger partial charge is 0.222 e. The Morgan fingerprint density at radius 3 is 2.71 bits per heavy atom. The van der Waals surface area contributed by atoms with Crippen LogP contribution in [-0.2, 0) is 17.8 Å². The number of carbonyl (C=O) groups excluding carboxylic acids is 1. The first-order chi connectivity index (χ1) is 13.5. The number of rotatable bonds is 5. The summed E-state index contributed by atoms with van der Waals surface area (Å²) in [6.45, 7) is 9.37. The van der Waals surface area contributed by atoms with Gasteiger partial charge in [-0.1, -0.05) is 0 Å². The highest BCUT2D eigenvalue weighted by Crippen LogP contribution is 2.38. The molecule has 1 aliphatic rings. The molecule has 0 radical (unpaired) electrons. The van der Waals surface area contributed by atoms with Crippen molar-refractivity contribution in [1.82, 2.24) is 24.5 Å². The average molecular weight is 379 g/mol. The Kier molecular flexibility index (Phi) is 4.62. The molecule has 146 valence electrons. The lowest BCUT2D eigenvalue weighted by atomic mass is 10.00. The SMILES string of the molecule is CCNc1ccc(-c2nn(C(C)C)c3c2CCn2nc(NC(C)=O)cc2-3)cn1. The van der Waals surface area contributed by atoms with E-state index in [1.807, 2.05) is 27.7 Å². The van der Waals surface area contributed by atoms with Crippen LogP contribution in [0, 0.1) is 0 Å². The van der Waals surface area contributed by atoms with Gasteiger partial charge in [0.05, 0.1) is 17.1 Å². The summed E-state index contributed by atoms with van der Waals surface area (Å²) >= 11 is 0. The molecule has 0 saturated carbocycles. The Hall–Kier alpha value is -3.16. The summed E-state index contributed by atoms with van der Waals surface area (Å²) in [7, 11) is 0. The summed E-state index contributed by atoms with van der Waals surface area (Å²) in [6.07, 6.45) is 2.71. The summed E-state index contributed by atoms with van der Waals surface area (Å²) in [4.78, 5) is 15.9. The maximum absolute atomic E-state index is 11.4. The minimum atomic E-state index is -0.124. The number of hydrogen-bond acceptors (Lipinski definition) is 5. The molecule has 0 aromatic carbocycles. The van der Waals surface area contributed by atoms with E-state index in [1.165, 1.54) is 12.5 Å². The van der Waals surface area contributed by atoms with Crippen LogP contribution in [0.2, 0.25) is 0 Å². The normalized spacial score (nSPS) is 12.6. The molecule has 8 heteroatoms. The fraction of sp³-hybridized carbons (Fsp3) is 0.400. The van der Waals surface area contributed by atoms with Crippen LogP contribution < -0.4 is 10.6 Å². The minimum absolute atomic E-state index is 0.124. The molecule has 2 N–H and O–H groups in total. The summed E-state index contributed by atoms with van der Waals surface area (Å²) in [5.74, 6) is 1.31. The highest BCUT2D eigenvalue weighted by atomic mass is 16.1. The highest BCUT2D eigenvalue weighted by Gasteiger charge is 2.28. The van der Waals surface area contributed by atoms with Crippen LogP contribution in [0.3, 0.4) is 0 Å². The molecule has 0 saturated heterocycles. The molecule has 8 nitrogen and oxygen atoms in total. The van der Waals surface area contributed by atoms with Gasteiger partial charge < -0.3 is 10.6 Å². The molecule has 4 rings (SSSR count). The molecule has 4 heterocycles. The number of pyridine rings is 1. The Morgan fingerprint density at radius 1 is 1.25 bits per heavy atom. The largest absolute Gasteiger partial charge is 0.370 e. The molecule has 28 heavy (non-hydrogen) atoms. The van der Waals surface area contributed by atoms with Crippen LogP contribution in [0.4, 0.5) is 11.6 Å². The van der Waals surface area contributed by atoms with E-state index in [0.29, 0.717) is 5.82 Å². The number of nitrogens with one attached hydrogen (secondary N) is 2. The van der Waals surface area contributed by atoms with Gasteiger partial charge in [0.2, 0.25) is 5.91 Å². The van der Waals surface area contributed by atoms with Crippen LogP contribution in [0.1, 0.15) is 39.3 Å². The first-order valence-corrected chi connectivity index (χ1v) is 9.65. The zero-order chi connectivity index (χ0) is 19.8. The average Bonchev–Trinajstić information content (AvgIpc) is 3.22.